The predicted molar refractivity (Wildman–Crippen MR) is 107 cm³/mol. The van der Waals surface area contributed by atoms with Gasteiger partial charge in [0.25, 0.3) is 5.91 Å². The van der Waals surface area contributed by atoms with Crippen LogP contribution in [-0.4, -0.2) is 48.1 Å². The van der Waals surface area contributed by atoms with Gasteiger partial charge in [-0.05, 0) is 43.2 Å². The van der Waals surface area contributed by atoms with Crippen molar-refractivity contribution in [1.29, 1.82) is 0 Å². The fraction of sp³-hybridized carbons (Fsp3) is 0.435. The number of aromatic nitrogens is 1. The number of hydrogen-bond donors (Lipinski definition) is 1. The van der Waals surface area contributed by atoms with Crippen molar-refractivity contribution in [2.75, 3.05) is 13.2 Å². The van der Waals surface area contributed by atoms with Crippen molar-refractivity contribution in [2.45, 2.75) is 37.5 Å². The summed E-state index contributed by atoms with van der Waals surface area (Å²) >= 11 is 0. The summed E-state index contributed by atoms with van der Waals surface area (Å²) in [6.45, 7) is 0.898. The first kappa shape index (κ1) is 19.2. The Labute approximate surface area is 174 Å². The number of rotatable bonds is 7. The van der Waals surface area contributed by atoms with Crippen molar-refractivity contribution in [1.82, 2.24) is 10.3 Å². The van der Waals surface area contributed by atoms with E-state index in [0.29, 0.717) is 42.5 Å². The number of benzene rings is 1. The van der Waals surface area contributed by atoms with Gasteiger partial charge >= 0.3 is 0 Å². The Balaban J connectivity index is 1.20. The van der Waals surface area contributed by atoms with Crippen LogP contribution in [0.25, 0.3) is 0 Å². The van der Waals surface area contributed by atoms with E-state index in [4.69, 9.17) is 14.2 Å². The Hall–Kier alpha value is -2.77. The molecule has 3 aliphatic rings. The molecular weight excluding hydrogens is 384 g/mol. The average Bonchev–Trinajstić information content (AvgIpc) is 3.44. The first-order valence-corrected chi connectivity index (χ1v) is 10.4. The molecule has 4 atom stereocenters. The molecule has 1 N–H and O–H groups in total. The molecule has 0 radical (unpaired) electrons. The first-order valence-electron chi connectivity index (χ1n) is 10.4. The van der Waals surface area contributed by atoms with Gasteiger partial charge in [0.15, 0.2) is 0 Å². The third kappa shape index (κ3) is 4.08. The summed E-state index contributed by atoms with van der Waals surface area (Å²) in [7, 11) is 0. The topological polar surface area (TPSA) is 86.8 Å². The fourth-order valence-electron chi connectivity index (χ4n) is 4.20. The van der Waals surface area contributed by atoms with Crippen LogP contribution in [0.15, 0.2) is 48.8 Å². The highest BCUT2D eigenvalue weighted by Crippen LogP contribution is 2.37. The minimum atomic E-state index is -0.230. The highest BCUT2D eigenvalue weighted by molar-refractivity contribution is 5.94. The maximum atomic E-state index is 12.8. The summed E-state index contributed by atoms with van der Waals surface area (Å²) in [4.78, 5) is 29.0. The molecule has 7 heteroatoms. The number of fused-ring (bicyclic) bond motifs is 1. The number of amides is 1. The Morgan fingerprint density at radius 3 is 2.70 bits per heavy atom. The van der Waals surface area contributed by atoms with Crippen LogP contribution in [0.4, 0.5) is 0 Å². The van der Waals surface area contributed by atoms with Crippen molar-refractivity contribution in [3.63, 3.8) is 0 Å². The van der Waals surface area contributed by atoms with Crippen LogP contribution in [-0.2, 0) is 14.3 Å². The second kappa shape index (κ2) is 8.16. The van der Waals surface area contributed by atoms with Gasteiger partial charge in [-0.1, -0.05) is 6.07 Å². The Kier molecular flexibility index (Phi) is 5.23. The minimum absolute atomic E-state index is 0.0845. The lowest BCUT2D eigenvalue weighted by Crippen LogP contribution is -2.44. The number of ether oxygens (including phenoxy) is 3. The van der Waals surface area contributed by atoms with Crippen molar-refractivity contribution in [3.05, 3.63) is 54.4 Å². The van der Waals surface area contributed by atoms with Gasteiger partial charge < -0.3 is 19.5 Å². The van der Waals surface area contributed by atoms with Crippen molar-refractivity contribution >= 4 is 11.7 Å². The molecule has 1 saturated carbocycles. The molecule has 3 fully saturated rings. The quantitative estimate of drug-likeness (QED) is 0.758. The SMILES string of the molecule is O=C(N[C@H]1CO[C@@H]2[C@@H](CC(=O)C3CC3)CO[C@@H]21)c1cccc(Oc2cccnc2)c1. The van der Waals surface area contributed by atoms with Crippen LogP contribution in [0.1, 0.15) is 29.6 Å². The molecule has 3 heterocycles. The highest BCUT2D eigenvalue weighted by atomic mass is 16.6. The number of nitrogens with one attached hydrogen (secondary N) is 1. The van der Waals surface area contributed by atoms with E-state index in [2.05, 4.69) is 10.3 Å². The summed E-state index contributed by atoms with van der Waals surface area (Å²) in [6.07, 6.45) is 5.50. The molecule has 30 heavy (non-hydrogen) atoms. The zero-order valence-corrected chi connectivity index (χ0v) is 16.5. The van der Waals surface area contributed by atoms with Gasteiger partial charge in [-0.15, -0.1) is 0 Å². The van der Waals surface area contributed by atoms with E-state index in [9.17, 15) is 9.59 Å². The van der Waals surface area contributed by atoms with Gasteiger partial charge in [0, 0.05) is 30.0 Å². The van der Waals surface area contributed by atoms with E-state index < -0.39 is 0 Å². The van der Waals surface area contributed by atoms with Gasteiger partial charge in [0.1, 0.15) is 23.4 Å². The monoisotopic (exact) mass is 408 g/mol. The minimum Gasteiger partial charge on any atom is -0.456 e. The summed E-state index contributed by atoms with van der Waals surface area (Å²) in [5.74, 6) is 1.62. The summed E-state index contributed by atoms with van der Waals surface area (Å²) < 4.78 is 17.6. The lowest BCUT2D eigenvalue weighted by atomic mass is 9.94. The Bertz CT molecular complexity index is 930. The molecule has 7 nitrogen and oxygen atoms in total. The number of ketones is 1. The van der Waals surface area contributed by atoms with Crippen LogP contribution in [0.5, 0.6) is 11.5 Å². The number of Topliss-reactive ketones (excluding diaryl/α,β-unsaturated/α-hetero) is 1. The number of pyridine rings is 1. The molecule has 5 rings (SSSR count). The van der Waals surface area contributed by atoms with Crippen LogP contribution < -0.4 is 10.1 Å². The highest BCUT2D eigenvalue weighted by Gasteiger charge is 2.49. The molecule has 1 amide bonds. The van der Waals surface area contributed by atoms with E-state index in [1.165, 1.54) is 0 Å². The summed E-state index contributed by atoms with van der Waals surface area (Å²) in [5.41, 5.74) is 0.498. The van der Waals surface area contributed by atoms with Gasteiger partial charge in [0.2, 0.25) is 0 Å². The Morgan fingerprint density at radius 1 is 1.07 bits per heavy atom. The molecule has 0 bridgehead atoms. The largest absolute Gasteiger partial charge is 0.456 e. The zero-order chi connectivity index (χ0) is 20.5. The lowest BCUT2D eigenvalue weighted by molar-refractivity contribution is -0.121. The normalized spacial score (nSPS) is 27.5. The molecular formula is C23H24N2O5. The van der Waals surface area contributed by atoms with Crippen molar-refractivity contribution in [3.8, 4) is 11.5 Å². The third-order valence-corrected chi connectivity index (χ3v) is 5.93. The number of hydrogen-bond acceptors (Lipinski definition) is 6. The maximum absolute atomic E-state index is 12.8. The first-order chi connectivity index (χ1) is 14.7. The van der Waals surface area contributed by atoms with Gasteiger partial charge in [-0.25, -0.2) is 0 Å². The van der Waals surface area contributed by atoms with Gasteiger partial charge in [-0.2, -0.15) is 0 Å². The lowest BCUT2D eigenvalue weighted by Gasteiger charge is -2.18. The van der Waals surface area contributed by atoms with E-state index in [0.717, 1.165) is 12.8 Å². The second-order valence-electron chi connectivity index (χ2n) is 8.20. The van der Waals surface area contributed by atoms with E-state index in [1.54, 1.807) is 48.8 Å². The number of carbonyl (C=O) groups is 2. The number of nitrogens with zero attached hydrogens (tertiary/aromatic N) is 1. The average molecular weight is 408 g/mol. The summed E-state index contributed by atoms with van der Waals surface area (Å²) in [5, 5.41) is 3.02. The van der Waals surface area contributed by atoms with Crippen molar-refractivity contribution < 1.29 is 23.8 Å². The Morgan fingerprint density at radius 2 is 1.90 bits per heavy atom. The van der Waals surface area contributed by atoms with E-state index in [1.807, 2.05) is 0 Å². The third-order valence-electron chi connectivity index (χ3n) is 5.93. The van der Waals surface area contributed by atoms with Crippen LogP contribution >= 0.6 is 0 Å². The number of carbonyl (C=O) groups excluding carboxylic acids is 2. The van der Waals surface area contributed by atoms with Crippen LogP contribution in [0.2, 0.25) is 0 Å². The van der Waals surface area contributed by atoms with E-state index >= 15 is 0 Å². The standard InChI is InChI=1S/C23H24N2O5/c26-20(14-6-7-14)10-16-12-28-22-19(13-29-21(16)22)25-23(27)15-3-1-4-17(9-15)30-18-5-2-8-24-11-18/h1-5,8-9,11,14,16,19,21-22H,6-7,10,12-13H2,(H,25,27)/t16-,19-,21+,22+/m0/s1. The molecule has 2 saturated heterocycles. The van der Waals surface area contributed by atoms with E-state index in [-0.39, 0.29) is 36.0 Å². The smallest absolute Gasteiger partial charge is 0.251 e. The predicted octanol–water partition coefficient (Wildman–Crippen LogP) is 2.76. The fourth-order valence-corrected chi connectivity index (χ4v) is 4.20. The van der Waals surface area contributed by atoms with Crippen LogP contribution in [0, 0.1) is 11.8 Å². The molecule has 2 aliphatic heterocycles. The molecule has 1 aromatic heterocycles. The summed E-state index contributed by atoms with van der Waals surface area (Å²) in [6, 6.07) is 10.4. The zero-order valence-electron chi connectivity index (χ0n) is 16.5. The second-order valence-corrected chi connectivity index (χ2v) is 8.20. The molecule has 1 aromatic carbocycles. The van der Waals surface area contributed by atoms with Crippen molar-refractivity contribution in [2.24, 2.45) is 11.8 Å². The molecule has 0 spiro atoms. The molecule has 0 unspecified atom stereocenters. The molecule has 156 valence electrons. The molecule has 2 aromatic rings. The van der Waals surface area contributed by atoms with Crippen LogP contribution in [0.3, 0.4) is 0 Å². The van der Waals surface area contributed by atoms with Gasteiger partial charge in [0.05, 0.1) is 31.6 Å². The van der Waals surface area contributed by atoms with Gasteiger partial charge in [-0.3, -0.25) is 14.6 Å². The molecule has 1 aliphatic carbocycles. The maximum Gasteiger partial charge on any atom is 0.251 e.